The molecule has 4 bridgehead atoms. The van der Waals surface area contributed by atoms with Gasteiger partial charge in [0.2, 0.25) is 0 Å². The number of halogens is 1. The molecular formula is C16H21BrO3. The van der Waals surface area contributed by atoms with Gasteiger partial charge in [-0.05, 0) is 56.3 Å². The molecule has 4 heteroatoms. The molecule has 3 nitrogen and oxygen atoms in total. The minimum absolute atomic E-state index is 0.0301. The largest absolute Gasteiger partial charge is 0.465 e. The second-order valence-corrected chi connectivity index (χ2v) is 7.35. The zero-order chi connectivity index (χ0) is 14.3. The van der Waals surface area contributed by atoms with Crippen molar-refractivity contribution in [2.45, 2.75) is 37.4 Å². The monoisotopic (exact) mass is 340 g/mol. The van der Waals surface area contributed by atoms with Crippen molar-refractivity contribution in [3.63, 3.8) is 0 Å². The van der Waals surface area contributed by atoms with E-state index in [0.717, 1.165) is 19.3 Å². The van der Waals surface area contributed by atoms with Gasteiger partial charge < -0.3 is 4.74 Å². The fourth-order valence-electron chi connectivity index (χ4n) is 4.45. The number of hydrogen-bond donors (Lipinski definition) is 0. The van der Waals surface area contributed by atoms with E-state index in [1.165, 1.54) is 0 Å². The molecule has 20 heavy (non-hydrogen) atoms. The standard InChI is InChI=1S/C16H21BrO3/c1-2-20-16(19)13-7-11-9-5-3-4-6-10(11)12(9)8-14(17)15(13)18/h3-4,9-14H,2,5-8H2,1H3. The summed E-state index contributed by atoms with van der Waals surface area (Å²) in [4.78, 5) is 24.3. The Bertz CT molecular complexity index is 429. The van der Waals surface area contributed by atoms with Gasteiger partial charge in [-0.25, -0.2) is 0 Å². The van der Waals surface area contributed by atoms with Crippen molar-refractivity contribution >= 4 is 27.7 Å². The number of rotatable bonds is 2. The molecule has 0 N–H and O–H groups in total. The summed E-state index contributed by atoms with van der Waals surface area (Å²) in [5.74, 6) is 1.63. The van der Waals surface area contributed by atoms with Crippen molar-refractivity contribution < 1.29 is 14.3 Å². The molecule has 0 amide bonds. The summed E-state index contributed by atoms with van der Waals surface area (Å²) in [5.41, 5.74) is 0. The first-order valence-corrected chi connectivity index (χ1v) is 8.54. The second-order valence-electron chi connectivity index (χ2n) is 6.24. The van der Waals surface area contributed by atoms with E-state index >= 15 is 0 Å². The molecule has 3 aliphatic carbocycles. The van der Waals surface area contributed by atoms with Gasteiger partial charge in [-0.15, -0.1) is 0 Å². The number of Topliss-reactive ketones (excluding diaryl/α,β-unsaturated/α-hetero) is 1. The van der Waals surface area contributed by atoms with E-state index in [1.54, 1.807) is 6.92 Å². The predicted molar refractivity (Wildman–Crippen MR) is 79.4 cm³/mol. The Balaban J connectivity index is 1.82. The van der Waals surface area contributed by atoms with Crippen molar-refractivity contribution in [1.29, 1.82) is 0 Å². The van der Waals surface area contributed by atoms with Crippen LogP contribution < -0.4 is 0 Å². The van der Waals surface area contributed by atoms with Gasteiger partial charge in [0.05, 0.1) is 11.4 Å². The highest BCUT2D eigenvalue weighted by Crippen LogP contribution is 2.57. The van der Waals surface area contributed by atoms with Gasteiger partial charge in [-0.1, -0.05) is 28.1 Å². The Kier molecular flexibility index (Phi) is 4.02. The number of ketones is 1. The van der Waals surface area contributed by atoms with Crippen LogP contribution in [0.3, 0.4) is 0 Å². The highest BCUT2D eigenvalue weighted by Gasteiger charge is 2.54. The lowest BCUT2D eigenvalue weighted by molar-refractivity contribution is -0.156. The molecule has 0 aromatic heterocycles. The fourth-order valence-corrected chi connectivity index (χ4v) is 5.20. The number of ether oxygens (including phenoxy) is 1. The van der Waals surface area contributed by atoms with Gasteiger partial charge in [0.25, 0.3) is 0 Å². The molecule has 0 aliphatic heterocycles. The van der Waals surface area contributed by atoms with E-state index in [0.29, 0.717) is 36.7 Å². The number of fused-ring (bicyclic) bond motifs is 1. The van der Waals surface area contributed by atoms with Crippen LogP contribution >= 0.6 is 15.9 Å². The molecule has 3 rings (SSSR count). The lowest BCUT2D eigenvalue weighted by Crippen LogP contribution is -2.52. The minimum atomic E-state index is -0.561. The summed E-state index contributed by atoms with van der Waals surface area (Å²) < 4.78 is 5.12. The van der Waals surface area contributed by atoms with E-state index in [9.17, 15) is 9.59 Å². The predicted octanol–water partition coefficient (Wildman–Crippen LogP) is 3.12. The number of esters is 1. The summed E-state index contributed by atoms with van der Waals surface area (Å²) >= 11 is 3.52. The Labute approximate surface area is 128 Å². The maximum Gasteiger partial charge on any atom is 0.316 e. The second kappa shape index (κ2) is 5.63. The lowest BCUT2D eigenvalue weighted by Gasteiger charge is -2.54. The first kappa shape index (κ1) is 14.3. The van der Waals surface area contributed by atoms with Crippen molar-refractivity contribution in [3.05, 3.63) is 12.2 Å². The number of allylic oxidation sites excluding steroid dienone is 2. The molecule has 0 saturated heterocycles. The molecule has 0 spiro atoms. The first-order valence-electron chi connectivity index (χ1n) is 7.63. The smallest absolute Gasteiger partial charge is 0.316 e. The van der Waals surface area contributed by atoms with Gasteiger partial charge >= 0.3 is 5.97 Å². The fraction of sp³-hybridized carbons (Fsp3) is 0.750. The van der Waals surface area contributed by atoms with Gasteiger partial charge in [0.1, 0.15) is 5.92 Å². The van der Waals surface area contributed by atoms with Crippen LogP contribution in [0, 0.1) is 29.6 Å². The van der Waals surface area contributed by atoms with Crippen LogP contribution in [-0.2, 0) is 14.3 Å². The van der Waals surface area contributed by atoms with E-state index in [1.807, 2.05) is 0 Å². The third kappa shape index (κ3) is 2.26. The van der Waals surface area contributed by atoms with Crippen LogP contribution in [0.4, 0.5) is 0 Å². The number of hydrogen-bond acceptors (Lipinski definition) is 3. The van der Waals surface area contributed by atoms with Crippen molar-refractivity contribution in [1.82, 2.24) is 0 Å². The third-order valence-electron chi connectivity index (χ3n) is 5.39. The summed E-state index contributed by atoms with van der Waals surface area (Å²) in [6.07, 6.45) is 8.34. The van der Waals surface area contributed by atoms with Crippen LogP contribution in [-0.4, -0.2) is 23.2 Å². The van der Waals surface area contributed by atoms with Crippen molar-refractivity contribution in [2.24, 2.45) is 29.6 Å². The van der Waals surface area contributed by atoms with Crippen LogP contribution in [0.15, 0.2) is 12.2 Å². The lowest BCUT2D eigenvalue weighted by atomic mass is 9.51. The number of carbonyl (C=O) groups is 2. The van der Waals surface area contributed by atoms with Crippen molar-refractivity contribution in [2.75, 3.05) is 6.61 Å². The molecule has 0 radical (unpaired) electrons. The Morgan fingerprint density at radius 3 is 2.40 bits per heavy atom. The zero-order valence-corrected chi connectivity index (χ0v) is 13.3. The summed E-state index contributed by atoms with van der Waals surface area (Å²) in [7, 11) is 0. The molecule has 4 atom stereocenters. The van der Waals surface area contributed by atoms with E-state index < -0.39 is 5.92 Å². The van der Waals surface area contributed by atoms with Crippen LogP contribution in [0.1, 0.15) is 32.6 Å². The number of carbonyl (C=O) groups excluding carboxylic acids is 2. The Morgan fingerprint density at radius 1 is 1.20 bits per heavy atom. The van der Waals surface area contributed by atoms with Gasteiger partial charge in [0.15, 0.2) is 5.78 Å². The molecule has 0 aromatic rings. The summed E-state index contributed by atoms with van der Waals surface area (Å²) in [6, 6.07) is 0. The molecule has 0 heterocycles. The van der Waals surface area contributed by atoms with Crippen molar-refractivity contribution in [3.8, 4) is 0 Å². The number of alkyl halides is 1. The van der Waals surface area contributed by atoms with Gasteiger partial charge in [-0.2, -0.15) is 0 Å². The molecule has 2 fully saturated rings. The highest BCUT2D eigenvalue weighted by molar-refractivity contribution is 9.10. The van der Waals surface area contributed by atoms with Crippen LogP contribution in [0.2, 0.25) is 0 Å². The maximum atomic E-state index is 12.4. The molecular weight excluding hydrogens is 320 g/mol. The average Bonchev–Trinajstić information content (AvgIpc) is 2.74. The molecule has 0 aromatic carbocycles. The van der Waals surface area contributed by atoms with Crippen LogP contribution in [0.5, 0.6) is 0 Å². The average molecular weight is 341 g/mol. The highest BCUT2D eigenvalue weighted by atomic mass is 79.9. The molecule has 3 aliphatic rings. The summed E-state index contributed by atoms with van der Waals surface area (Å²) in [5, 5.41) is 0. The van der Waals surface area contributed by atoms with Gasteiger partial charge in [0, 0.05) is 0 Å². The van der Waals surface area contributed by atoms with E-state index in [4.69, 9.17) is 4.74 Å². The molecule has 4 unspecified atom stereocenters. The molecule has 110 valence electrons. The topological polar surface area (TPSA) is 43.4 Å². The van der Waals surface area contributed by atoms with E-state index in [2.05, 4.69) is 28.1 Å². The SMILES string of the molecule is CCOC(=O)C1CC2C3CC=CCC2C3CC(Br)C1=O. The quantitative estimate of drug-likeness (QED) is 0.335. The van der Waals surface area contributed by atoms with Crippen LogP contribution in [0.25, 0.3) is 0 Å². The van der Waals surface area contributed by atoms with Gasteiger partial charge in [-0.3, -0.25) is 9.59 Å². The first-order chi connectivity index (χ1) is 9.63. The Hall–Kier alpha value is -0.640. The molecule has 2 saturated carbocycles. The third-order valence-corrected chi connectivity index (χ3v) is 6.22. The summed E-state index contributed by atoms with van der Waals surface area (Å²) in [6.45, 7) is 2.14. The minimum Gasteiger partial charge on any atom is -0.465 e. The zero-order valence-electron chi connectivity index (χ0n) is 11.8. The van der Waals surface area contributed by atoms with E-state index in [-0.39, 0.29) is 16.6 Å². The normalized spacial score (nSPS) is 43.0. The maximum absolute atomic E-state index is 12.4. The Morgan fingerprint density at radius 2 is 1.80 bits per heavy atom.